The summed E-state index contributed by atoms with van der Waals surface area (Å²) in [6.45, 7) is 1.48. The Morgan fingerprint density at radius 2 is 2.00 bits per heavy atom. The fraction of sp³-hybridized carbons (Fsp3) is 0.304. The van der Waals surface area contributed by atoms with E-state index in [9.17, 15) is 18.0 Å². The normalized spacial score (nSPS) is 16.4. The number of anilines is 2. The first kappa shape index (κ1) is 23.4. The highest BCUT2D eigenvalue weighted by molar-refractivity contribution is 6.00. The van der Waals surface area contributed by atoms with Crippen molar-refractivity contribution < 1.29 is 22.7 Å². The van der Waals surface area contributed by atoms with Gasteiger partial charge in [0.2, 0.25) is 0 Å². The topological polar surface area (TPSA) is 120 Å². The van der Waals surface area contributed by atoms with Crippen LogP contribution in [-0.4, -0.2) is 46.2 Å². The molecule has 0 bridgehead atoms. The van der Waals surface area contributed by atoms with Gasteiger partial charge in [0.1, 0.15) is 11.4 Å². The van der Waals surface area contributed by atoms with Gasteiger partial charge in [-0.3, -0.25) is 9.78 Å². The fourth-order valence-electron chi connectivity index (χ4n) is 3.98. The number of carbonyl (C=O) groups is 1. The summed E-state index contributed by atoms with van der Waals surface area (Å²) in [6, 6.07) is 7.36. The Kier molecular flexibility index (Phi) is 6.64. The van der Waals surface area contributed by atoms with Crippen molar-refractivity contribution in [3.8, 4) is 17.0 Å². The van der Waals surface area contributed by atoms with Crippen LogP contribution in [0.3, 0.4) is 0 Å². The first-order valence-electron chi connectivity index (χ1n) is 10.7. The summed E-state index contributed by atoms with van der Waals surface area (Å²) in [5.41, 5.74) is 13.5. The van der Waals surface area contributed by atoms with Crippen molar-refractivity contribution in [2.75, 3.05) is 23.7 Å². The average molecular weight is 472 g/mol. The molecule has 8 nitrogen and oxygen atoms in total. The zero-order chi connectivity index (χ0) is 24.3. The van der Waals surface area contributed by atoms with Gasteiger partial charge in [-0.1, -0.05) is 12.1 Å². The number of alkyl halides is 3. The molecule has 1 aromatic carbocycles. The molecule has 4 N–H and O–H groups in total. The van der Waals surface area contributed by atoms with Crippen LogP contribution in [0.2, 0.25) is 0 Å². The van der Waals surface area contributed by atoms with E-state index in [1.807, 2.05) is 6.07 Å². The van der Waals surface area contributed by atoms with E-state index >= 15 is 0 Å². The highest BCUT2D eigenvalue weighted by Crippen LogP contribution is 2.33. The number of nitrogens with zero attached hydrogens (tertiary/aromatic N) is 4. The molecule has 0 spiro atoms. The summed E-state index contributed by atoms with van der Waals surface area (Å²) >= 11 is 0. The molecule has 0 aliphatic carbocycles. The van der Waals surface area contributed by atoms with Gasteiger partial charge in [0, 0.05) is 54.8 Å². The van der Waals surface area contributed by atoms with Crippen molar-refractivity contribution in [2.24, 2.45) is 5.73 Å². The SMILES string of the molecule is Nc1ncc(-c2ccccc2OC(F)(F)F)nc1C(=O)Cc1cnccc1N1CCCC(N)C1. The summed E-state index contributed by atoms with van der Waals surface area (Å²) in [5.74, 6) is -1.01. The lowest BCUT2D eigenvalue weighted by Gasteiger charge is -2.33. The van der Waals surface area contributed by atoms with Crippen molar-refractivity contribution in [1.29, 1.82) is 0 Å². The molecular weight excluding hydrogens is 449 g/mol. The number of para-hydroxylation sites is 1. The molecule has 0 saturated carbocycles. The minimum Gasteiger partial charge on any atom is -0.405 e. The van der Waals surface area contributed by atoms with Gasteiger partial charge in [0.15, 0.2) is 11.6 Å². The second-order valence-electron chi connectivity index (χ2n) is 7.99. The lowest BCUT2D eigenvalue weighted by Crippen LogP contribution is -2.43. The van der Waals surface area contributed by atoms with E-state index in [2.05, 4.69) is 24.6 Å². The third-order valence-electron chi connectivity index (χ3n) is 5.48. The maximum atomic E-state index is 13.2. The van der Waals surface area contributed by atoms with Crippen molar-refractivity contribution >= 4 is 17.3 Å². The van der Waals surface area contributed by atoms with Crippen LogP contribution in [0.25, 0.3) is 11.3 Å². The van der Waals surface area contributed by atoms with E-state index in [4.69, 9.17) is 11.5 Å². The van der Waals surface area contributed by atoms with Crippen LogP contribution in [-0.2, 0) is 6.42 Å². The number of nitrogens with two attached hydrogens (primary N) is 2. The molecule has 3 heterocycles. The van der Waals surface area contributed by atoms with Crippen LogP contribution in [0.1, 0.15) is 28.9 Å². The standard InChI is InChI=1S/C23H23F3N6O2/c24-23(25,26)34-20-6-2-1-5-16(20)17-12-30-22(28)21(31-17)19(33)10-14-11-29-8-7-18(14)32-9-3-4-15(27)13-32/h1-2,5-8,11-12,15H,3-4,9-10,13,27H2,(H2,28,30). The third-order valence-corrected chi connectivity index (χ3v) is 5.48. The maximum Gasteiger partial charge on any atom is 0.573 e. The number of pyridine rings is 1. The number of nitrogen functional groups attached to an aromatic ring is 1. The number of hydrogen-bond donors (Lipinski definition) is 2. The van der Waals surface area contributed by atoms with E-state index in [-0.39, 0.29) is 35.2 Å². The van der Waals surface area contributed by atoms with Gasteiger partial charge >= 0.3 is 6.36 Å². The summed E-state index contributed by atoms with van der Waals surface area (Å²) in [5, 5.41) is 0. The lowest BCUT2D eigenvalue weighted by atomic mass is 10.0. The van der Waals surface area contributed by atoms with Gasteiger partial charge in [-0.2, -0.15) is 0 Å². The molecular formula is C23H23F3N6O2. The number of ketones is 1. The van der Waals surface area contributed by atoms with Crippen LogP contribution in [0.5, 0.6) is 5.75 Å². The molecule has 3 aromatic rings. The monoisotopic (exact) mass is 472 g/mol. The quantitative estimate of drug-likeness (QED) is 0.524. The van der Waals surface area contributed by atoms with Crippen molar-refractivity contribution in [3.05, 3.63) is 60.2 Å². The summed E-state index contributed by atoms with van der Waals surface area (Å²) in [6.07, 6.45) is 1.39. The smallest absolute Gasteiger partial charge is 0.405 e. The summed E-state index contributed by atoms with van der Waals surface area (Å²) < 4.78 is 42.5. The number of benzene rings is 1. The van der Waals surface area contributed by atoms with Crippen LogP contribution >= 0.6 is 0 Å². The maximum absolute atomic E-state index is 13.2. The van der Waals surface area contributed by atoms with Crippen LogP contribution in [0.15, 0.2) is 48.9 Å². The molecule has 1 unspecified atom stereocenters. The second kappa shape index (κ2) is 9.64. The van der Waals surface area contributed by atoms with Crippen molar-refractivity contribution in [2.45, 2.75) is 31.7 Å². The molecule has 0 amide bonds. The summed E-state index contributed by atoms with van der Waals surface area (Å²) in [4.78, 5) is 27.7. The highest BCUT2D eigenvalue weighted by Gasteiger charge is 2.32. The van der Waals surface area contributed by atoms with Crippen LogP contribution in [0.4, 0.5) is 24.7 Å². The average Bonchev–Trinajstić information content (AvgIpc) is 2.79. The molecule has 1 aliphatic heterocycles. The number of halogens is 3. The van der Waals surface area contributed by atoms with Crippen LogP contribution < -0.4 is 21.1 Å². The minimum absolute atomic E-state index is 0.0331. The van der Waals surface area contributed by atoms with Gasteiger partial charge in [0.05, 0.1) is 11.9 Å². The number of aromatic nitrogens is 3. The molecule has 0 radical (unpaired) electrons. The Bertz CT molecular complexity index is 1190. The molecule has 1 atom stereocenters. The number of hydrogen-bond acceptors (Lipinski definition) is 8. The van der Waals surface area contributed by atoms with Crippen LogP contribution in [0, 0.1) is 0 Å². The van der Waals surface area contributed by atoms with E-state index in [0.29, 0.717) is 12.1 Å². The van der Waals surface area contributed by atoms with Gasteiger partial charge < -0.3 is 21.1 Å². The minimum atomic E-state index is -4.89. The molecule has 4 rings (SSSR count). The molecule has 178 valence electrons. The number of carbonyl (C=O) groups excluding carboxylic acids is 1. The third kappa shape index (κ3) is 5.42. The first-order valence-corrected chi connectivity index (χ1v) is 10.7. The van der Waals surface area contributed by atoms with E-state index in [1.54, 1.807) is 12.4 Å². The Balaban J connectivity index is 1.63. The van der Waals surface area contributed by atoms with E-state index in [1.165, 1.54) is 24.4 Å². The Hall–Kier alpha value is -3.73. The molecule has 2 aromatic heterocycles. The molecule has 34 heavy (non-hydrogen) atoms. The summed E-state index contributed by atoms with van der Waals surface area (Å²) in [7, 11) is 0. The first-order chi connectivity index (χ1) is 16.2. The van der Waals surface area contributed by atoms with Gasteiger partial charge in [-0.05, 0) is 31.0 Å². The molecule has 1 fully saturated rings. The van der Waals surface area contributed by atoms with E-state index in [0.717, 1.165) is 31.1 Å². The lowest BCUT2D eigenvalue weighted by molar-refractivity contribution is -0.274. The number of piperidine rings is 1. The zero-order valence-electron chi connectivity index (χ0n) is 18.1. The Morgan fingerprint density at radius 3 is 2.76 bits per heavy atom. The predicted octanol–water partition coefficient (Wildman–Crippen LogP) is 3.37. The second-order valence-corrected chi connectivity index (χ2v) is 7.99. The van der Waals surface area contributed by atoms with Gasteiger partial charge in [0.25, 0.3) is 0 Å². The zero-order valence-corrected chi connectivity index (χ0v) is 18.1. The fourth-order valence-corrected chi connectivity index (χ4v) is 3.98. The van der Waals surface area contributed by atoms with E-state index < -0.39 is 17.9 Å². The largest absolute Gasteiger partial charge is 0.573 e. The van der Waals surface area contributed by atoms with Gasteiger partial charge in [-0.15, -0.1) is 13.2 Å². The Labute approximate surface area is 193 Å². The molecule has 1 aliphatic rings. The van der Waals surface area contributed by atoms with Gasteiger partial charge in [-0.25, -0.2) is 9.97 Å². The molecule has 11 heteroatoms. The van der Waals surface area contributed by atoms with Crippen molar-refractivity contribution in [3.63, 3.8) is 0 Å². The number of ether oxygens (including phenoxy) is 1. The highest BCUT2D eigenvalue weighted by atomic mass is 19.4. The molecule has 1 saturated heterocycles. The number of rotatable bonds is 6. The van der Waals surface area contributed by atoms with Crippen molar-refractivity contribution in [1.82, 2.24) is 15.0 Å². The number of Topliss-reactive ketones (excluding diaryl/α,β-unsaturated/α-hetero) is 1. The predicted molar refractivity (Wildman–Crippen MR) is 120 cm³/mol. The Morgan fingerprint density at radius 1 is 1.21 bits per heavy atom.